The summed E-state index contributed by atoms with van der Waals surface area (Å²) in [6, 6.07) is 9.18. The van der Waals surface area contributed by atoms with E-state index in [1.165, 1.54) is 0 Å². The summed E-state index contributed by atoms with van der Waals surface area (Å²) < 4.78 is 0. The third-order valence-corrected chi connectivity index (χ3v) is 4.70. The van der Waals surface area contributed by atoms with Crippen LogP contribution >= 0.6 is 0 Å². The van der Waals surface area contributed by atoms with E-state index in [1.54, 1.807) is 12.1 Å². The molecular formula is C20H25N5O2. The number of hydrogen-bond acceptors (Lipinski definition) is 5. The maximum atomic E-state index is 12.4. The molecule has 0 unspecified atom stereocenters. The lowest BCUT2D eigenvalue weighted by Crippen LogP contribution is -2.47. The Kier molecular flexibility index (Phi) is 5.69. The molecule has 2 N–H and O–H groups in total. The highest BCUT2D eigenvalue weighted by Gasteiger charge is 2.26. The molecular weight excluding hydrogens is 342 g/mol. The molecule has 27 heavy (non-hydrogen) atoms. The highest BCUT2D eigenvalue weighted by atomic mass is 16.2. The van der Waals surface area contributed by atoms with Gasteiger partial charge in [-0.1, -0.05) is 17.7 Å². The molecule has 1 fully saturated rings. The van der Waals surface area contributed by atoms with Crippen molar-refractivity contribution in [3.63, 3.8) is 0 Å². The van der Waals surface area contributed by atoms with E-state index < -0.39 is 0 Å². The van der Waals surface area contributed by atoms with Crippen LogP contribution in [0.2, 0.25) is 0 Å². The van der Waals surface area contributed by atoms with Gasteiger partial charge in [0.2, 0.25) is 11.9 Å². The van der Waals surface area contributed by atoms with Crippen LogP contribution in [0.4, 0.5) is 5.95 Å². The van der Waals surface area contributed by atoms with Crippen molar-refractivity contribution in [2.45, 2.75) is 33.6 Å². The lowest BCUT2D eigenvalue weighted by Gasteiger charge is -2.31. The number of carbonyl (C=O) groups is 2. The predicted octanol–water partition coefficient (Wildman–Crippen LogP) is 2.08. The van der Waals surface area contributed by atoms with Gasteiger partial charge in [-0.25, -0.2) is 9.97 Å². The second kappa shape index (κ2) is 8.16. The molecule has 1 aromatic carbocycles. The van der Waals surface area contributed by atoms with Gasteiger partial charge >= 0.3 is 0 Å². The van der Waals surface area contributed by atoms with Crippen LogP contribution in [0.25, 0.3) is 0 Å². The number of aryl methyl sites for hydroxylation is 3. The van der Waals surface area contributed by atoms with Gasteiger partial charge in [-0.05, 0) is 51.8 Å². The molecule has 142 valence electrons. The van der Waals surface area contributed by atoms with Crippen molar-refractivity contribution in [1.29, 1.82) is 0 Å². The van der Waals surface area contributed by atoms with E-state index in [1.807, 2.05) is 39.0 Å². The Balaban J connectivity index is 1.50. The Morgan fingerprint density at radius 2 is 1.67 bits per heavy atom. The van der Waals surface area contributed by atoms with Gasteiger partial charge in [-0.2, -0.15) is 0 Å². The van der Waals surface area contributed by atoms with E-state index in [0.29, 0.717) is 31.5 Å². The summed E-state index contributed by atoms with van der Waals surface area (Å²) in [4.78, 5) is 35.6. The van der Waals surface area contributed by atoms with Crippen LogP contribution in [0.5, 0.6) is 0 Å². The fraction of sp³-hybridized carbons (Fsp3) is 0.400. The number of anilines is 1. The molecule has 0 aliphatic carbocycles. The van der Waals surface area contributed by atoms with Gasteiger partial charge in [-0.3, -0.25) is 20.4 Å². The zero-order valence-corrected chi connectivity index (χ0v) is 16.0. The molecule has 2 heterocycles. The van der Waals surface area contributed by atoms with Crippen LogP contribution in [0, 0.1) is 26.7 Å². The third-order valence-electron chi connectivity index (χ3n) is 4.70. The highest BCUT2D eigenvalue weighted by molar-refractivity contribution is 5.95. The molecule has 3 rings (SSSR count). The van der Waals surface area contributed by atoms with E-state index >= 15 is 0 Å². The first-order valence-electron chi connectivity index (χ1n) is 9.16. The van der Waals surface area contributed by atoms with Gasteiger partial charge in [0.15, 0.2) is 0 Å². The van der Waals surface area contributed by atoms with Crippen molar-refractivity contribution < 1.29 is 9.59 Å². The number of piperidine rings is 1. The van der Waals surface area contributed by atoms with Crippen molar-refractivity contribution in [3.05, 3.63) is 52.8 Å². The van der Waals surface area contributed by atoms with Gasteiger partial charge in [0.25, 0.3) is 5.91 Å². The van der Waals surface area contributed by atoms with Crippen LogP contribution < -0.4 is 15.8 Å². The molecule has 1 aromatic heterocycles. The monoisotopic (exact) mass is 367 g/mol. The standard InChI is InChI=1S/C20H25N5O2/c1-13-5-4-6-17(11-13)19(27)24-23-18(26)16-7-9-25(10-8-16)20-21-14(2)12-15(3)22-20/h4-6,11-12,16H,7-10H2,1-3H3,(H,23,26)(H,24,27). The summed E-state index contributed by atoms with van der Waals surface area (Å²) in [6.45, 7) is 7.26. The first-order chi connectivity index (χ1) is 12.9. The largest absolute Gasteiger partial charge is 0.341 e. The molecule has 2 aromatic rings. The molecule has 0 bridgehead atoms. The highest BCUT2D eigenvalue weighted by Crippen LogP contribution is 2.21. The van der Waals surface area contributed by atoms with Crippen molar-refractivity contribution >= 4 is 17.8 Å². The minimum absolute atomic E-state index is 0.134. The minimum atomic E-state index is -0.312. The zero-order valence-electron chi connectivity index (χ0n) is 16.0. The summed E-state index contributed by atoms with van der Waals surface area (Å²) in [5.74, 6) is 0.120. The summed E-state index contributed by atoms with van der Waals surface area (Å²) in [5.41, 5.74) is 8.46. The Morgan fingerprint density at radius 1 is 1.00 bits per heavy atom. The summed E-state index contributed by atoms with van der Waals surface area (Å²) in [5, 5.41) is 0. The second-order valence-electron chi connectivity index (χ2n) is 7.02. The van der Waals surface area contributed by atoms with Gasteiger partial charge in [-0.15, -0.1) is 0 Å². The summed E-state index contributed by atoms with van der Waals surface area (Å²) >= 11 is 0. The van der Waals surface area contributed by atoms with Gasteiger partial charge in [0.05, 0.1) is 0 Å². The molecule has 0 atom stereocenters. The maximum absolute atomic E-state index is 12.4. The second-order valence-corrected chi connectivity index (χ2v) is 7.02. The number of hydrazine groups is 1. The first kappa shape index (κ1) is 18.8. The number of rotatable bonds is 3. The van der Waals surface area contributed by atoms with Crippen molar-refractivity contribution in [2.75, 3.05) is 18.0 Å². The molecule has 7 nitrogen and oxygen atoms in total. The number of benzene rings is 1. The number of aromatic nitrogens is 2. The van der Waals surface area contributed by atoms with Crippen LogP contribution in [-0.2, 0) is 4.79 Å². The van der Waals surface area contributed by atoms with E-state index in [-0.39, 0.29) is 17.7 Å². The predicted molar refractivity (Wildman–Crippen MR) is 103 cm³/mol. The van der Waals surface area contributed by atoms with Crippen LogP contribution in [0.3, 0.4) is 0 Å². The average Bonchev–Trinajstić information content (AvgIpc) is 2.65. The topological polar surface area (TPSA) is 87.2 Å². The maximum Gasteiger partial charge on any atom is 0.269 e. The van der Waals surface area contributed by atoms with E-state index in [0.717, 1.165) is 22.9 Å². The Hall–Kier alpha value is -2.96. The lowest BCUT2D eigenvalue weighted by molar-refractivity contribution is -0.126. The average molecular weight is 367 g/mol. The van der Waals surface area contributed by atoms with Gasteiger partial charge in [0.1, 0.15) is 0 Å². The fourth-order valence-corrected chi connectivity index (χ4v) is 3.27. The third kappa shape index (κ3) is 4.81. The molecule has 1 aliphatic rings. The molecule has 2 amide bonds. The molecule has 0 spiro atoms. The first-order valence-corrected chi connectivity index (χ1v) is 9.16. The van der Waals surface area contributed by atoms with Crippen molar-refractivity contribution in [1.82, 2.24) is 20.8 Å². The molecule has 0 saturated carbocycles. The minimum Gasteiger partial charge on any atom is -0.341 e. The fourth-order valence-electron chi connectivity index (χ4n) is 3.27. The molecule has 0 radical (unpaired) electrons. The summed E-state index contributed by atoms with van der Waals surface area (Å²) in [7, 11) is 0. The van der Waals surface area contributed by atoms with Crippen molar-refractivity contribution in [2.24, 2.45) is 5.92 Å². The summed E-state index contributed by atoms with van der Waals surface area (Å²) in [6.07, 6.45) is 1.39. The number of carbonyl (C=O) groups excluding carboxylic acids is 2. The Labute approximate surface area is 159 Å². The lowest BCUT2D eigenvalue weighted by atomic mass is 9.96. The SMILES string of the molecule is Cc1cccc(C(=O)NNC(=O)C2CCN(c3nc(C)cc(C)n3)CC2)c1. The smallest absolute Gasteiger partial charge is 0.269 e. The van der Waals surface area contributed by atoms with Crippen LogP contribution in [-0.4, -0.2) is 34.9 Å². The Morgan fingerprint density at radius 3 is 2.30 bits per heavy atom. The Bertz CT molecular complexity index is 824. The molecule has 1 aliphatic heterocycles. The zero-order chi connectivity index (χ0) is 19.4. The number of nitrogens with one attached hydrogen (secondary N) is 2. The van der Waals surface area contributed by atoms with E-state index in [9.17, 15) is 9.59 Å². The van der Waals surface area contributed by atoms with Crippen LogP contribution in [0.1, 0.15) is 40.2 Å². The molecule has 1 saturated heterocycles. The normalized spacial score (nSPS) is 14.7. The van der Waals surface area contributed by atoms with Gasteiger partial charge < -0.3 is 4.90 Å². The van der Waals surface area contributed by atoms with Crippen molar-refractivity contribution in [3.8, 4) is 0 Å². The van der Waals surface area contributed by atoms with Gasteiger partial charge in [0, 0.05) is 36.0 Å². The number of hydrogen-bond donors (Lipinski definition) is 2. The number of amides is 2. The van der Waals surface area contributed by atoms with Crippen LogP contribution in [0.15, 0.2) is 30.3 Å². The number of nitrogens with zero attached hydrogens (tertiary/aromatic N) is 3. The quantitative estimate of drug-likeness (QED) is 0.811. The van der Waals surface area contributed by atoms with E-state index in [2.05, 4.69) is 25.7 Å². The van der Waals surface area contributed by atoms with E-state index in [4.69, 9.17) is 0 Å². The molecule has 7 heteroatoms.